The Hall–Kier alpha value is -3.06. The number of hydrogen-bond donors (Lipinski definition) is 2. The number of likely N-dealkylation sites (N-methyl/N-ethyl adjacent to an activating group) is 1. The fourth-order valence-electron chi connectivity index (χ4n) is 3.77. The van der Waals surface area contributed by atoms with Gasteiger partial charge in [-0.25, -0.2) is 0 Å². The Balaban J connectivity index is 1.73. The summed E-state index contributed by atoms with van der Waals surface area (Å²) >= 11 is 0. The monoisotopic (exact) mass is 411 g/mol. The first-order valence-corrected chi connectivity index (χ1v) is 10.1. The second-order valence-corrected chi connectivity index (χ2v) is 7.47. The molecular formula is C23H29N3O4. The molecular weight excluding hydrogens is 382 g/mol. The Morgan fingerprint density at radius 3 is 2.10 bits per heavy atom. The van der Waals surface area contributed by atoms with Crippen LogP contribution < -0.4 is 20.1 Å². The largest absolute Gasteiger partial charge is 0.494 e. The van der Waals surface area contributed by atoms with Crippen LogP contribution in [0.15, 0.2) is 42.5 Å². The molecule has 7 nitrogen and oxygen atoms in total. The van der Waals surface area contributed by atoms with Crippen LogP contribution in [0.4, 0.5) is 11.4 Å². The number of nitrogens with one attached hydrogen (secondary N) is 2. The van der Waals surface area contributed by atoms with Gasteiger partial charge in [-0.3, -0.25) is 14.5 Å². The Morgan fingerprint density at radius 2 is 1.53 bits per heavy atom. The van der Waals surface area contributed by atoms with Crippen molar-refractivity contribution in [3.8, 4) is 11.5 Å². The zero-order valence-corrected chi connectivity index (χ0v) is 17.7. The van der Waals surface area contributed by atoms with Crippen molar-refractivity contribution < 1.29 is 19.1 Å². The van der Waals surface area contributed by atoms with Gasteiger partial charge in [0.15, 0.2) is 0 Å². The van der Waals surface area contributed by atoms with Crippen LogP contribution in [-0.2, 0) is 4.79 Å². The number of nitrogens with zero attached hydrogens (tertiary/aromatic N) is 1. The molecule has 0 bridgehead atoms. The van der Waals surface area contributed by atoms with Crippen molar-refractivity contribution in [1.29, 1.82) is 0 Å². The molecule has 0 radical (unpaired) electrons. The average Bonchev–Trinajstić information content (AvgIpc) is 3.30. The summed E-state index contributed by atoms with van der Waals surface area (Å²) in [7, 11) is 5.01. The normalized spacial score (nSPS) is 13.9. The first-order valence-electron chi connectivity index (χ1n) is 10.1. The Morgan fingerprint density at radius 1 is 0.967 bits per heavy atom. The third-order valence-electron chi connectivity index (χ3n) is 5.42. The van der Waals surface area contributed by atoms with Crippen LogP contribution in [0.1, 0.15) is 36.0 Å². The van der Waals surface area contributed by atoms with Gasteiger partial charge < -0.3 is 20.1 Å². The maximum absolute atomic E-state index is 12.6. The lowest BCUT2D eigenvalue weighted by atomic mass is 10.2. The van der Waals surface area contributed by atoms with Crippen LogP contribution in [0, 0.1) is 0 Å². The number of carbonyl (C=O) groups is 2. The molecule has 1 aliphatic carbocycles. The summed E-state index contributed by atoms with van der Waals surface area (Å²) in [4.78, 5) is 27.2. The second kappa shape index (κ2) is 10.1. The molecule has 0 spiro atoms. The van der Waals surface area contributed by atoms with E-state index in [1.54, 1.807) is 36.4 Å². The molecule has 7 heteroatoms. The van der Waals surface area contributed by atoms with E-state index in [1.807, 2.05) is 13.1 Å². The summed E-state index contributed by atoms with van der Waals surface area (Å²) in [6, 6.07) is 12.7. The summed E-state index contributed by atoms with van der Waals surface area (Å²) in [5.41, 5.74) is 1.49. The summed E-state index contributed by atoms with van der Waals surface area (Å²) in [6.45, 7) is 0.308. The van der Waals surface area contributed by atoms with Crippen molar-refractivity contribution in [2.24, 2.45) is 0 Å². The number of benzene rings is 2. The lowest BCUT2D eigenvalue weighted by Crippen LogP contribution is -2.36. The zero-order chi connectivity index (χ0) is 21.5. The molecule has 1 fully saturated rings. The van der Waals surface area contributed by atoms with Gasteiger partial charge in [0.2, 0.25) is 5.91 Å². The molecule has 0 unspecified atom stereocenters. The minimum atomic E-state index is -0.258. The highest BCUT2D eigenvalue weighted by atomic mass is 16.5. The van der Waals surface area contributed by atoms with E-state index in [4.69, 9.17) is 9.47 Å². The van der Waals surface area contributed by atoms with E-state index in [1.165, 1.54) is 27.1 Å². The van der Waals surface area contributed by atoms with Crippen LogP contribution in [-0.4, -0.2) is 50.6 Å². The Labute approximate surface area is 177 Å². The average molecular weight is 412 g/mol. The Bertz CT molecular complexity index is 880. The summed E-state index contributed by atoms with van der Waals surface area (Å²) < 4.78 is 10.9. The molecule has 2 N–H and O–H groups in total. The van der Waals surface area contributed by atoms with Crippen molar-refractivity contribution in [2.75, 3.05) is 38.4 Å². The van der Waals surface area contributed by atoms with E-state index in [2.05, 4.69) is 15.5 Å². The predicted octanol–water partition coefficient (Wildman–Crippen LogP) is 3.77. The topological polar surface area (TPSA) is 79.9 Å². The minimum Gasteiger partial charge on any atom is -0.494 e. The summed E-state index contributed by atoms with van der Waals surface area (Å²) in [5.74, 6) is 0.493. The summed E-state index contributed by atoms with van der Waals surface area (Å²) in [5, 5.41) is 5.74. The van der Waals surface area contributed by atoms with Gasteiger partial charge in [-0.1, -0.05) is 31.0 Å². The molecule has 2 aromatic carbocycles. The van der Waals surface area contributed by atoms with Crippen LogP contribution >= 0.6 is 0 Å². The van der Waals surface area contributed by atoms with E-state index in [0.29, 0.717) is 41.0 Å². The lowest BCUT2D eigenvalue weighted by Gasteiger charge is -2.23. The van der Waals surface area contributed by atoms with Crippen LogP contribution in [0.5, 0.6) is 11.5 Å². The maximum Gasteiger partial charge on any atom is 0.255 e. The van der Waals surface area contributed by atoms with Gasteiger partial charge in [0, 0.05) is 23.7 Å². The van der Waals surface area contributed by atoms with Crippen molar-refractivity contribution in [3.63, 3.8) is 0 Å². The van der Waals surface area contributed by atoms with E-state index in [9.17, 15) is 9.59 Å². The van der Waals surface area contributed by atoms with Crippen LogP contribution in [0.3, 0.4) is 0 Å². The quantitative estimate of drug-likeness (QED) is 0.691. The van der Waals surface area contributed by atoms with Crippen molar-refractivity contribution in [1.82, 2.24) is 4.90 Å². The third kappa shape index (κ3) is 5.30. The van der Waals surface area contributed by atoms with Gasteiger partial charge in [-0.2, -0.15) is 0 Å². The second-order valence-electron chi connectivity index (χ2n) is 7.47. The molecule has 0 saturated heterocycles. The molecule has 0 aliphatic heterocycles. The van der Waals surface area contributed by atoms with Gasteiger partial charge in [0.1, 0.15) is 11.5 Å². The van der Waals surface area contributed by atoms with E-state index >= 15 is 0 Å². The molecule has 160 valence electrons. The fourth-order valence-corrected chi connectivity index (χ4v) is 3.77. The standard InChI is InChI=1S/C23H29N3O4/c1-26(17-11-7-8-12-17)15-22(27)24-18-13-21(30-3)19(14-20(18)29-2)25-23(28)16-9-5-4-6-10-16/h4-6,9-10,13-14,17H,7-8,11-12,15H2,1-3H3,(H,24,27)(H,25,28). The number of anilines is 2. The number of methoxy groups -OCH3 is 2. The van der Waals surface area contributed by atoms with E-state index in [-0.39, 0.29) is 11.8 Å². The molecule has 1 aliphatic rings. The van der Waals surface area contributed by atoms with Gasteiger partial charge in [-0.15, -0.1) is 0 Å². The number of carbonyl (C=O) groups excluding carboxylic acids is 2. The zero-order valence-electron chi connectivity index (χ0n) is 17.7. The molecule has 0 atom stereocenters. The molecule has 0 aromatic heterocycles. The number of rotatable bonds is 8. The molecule has 1 saturated carbocycles. The van der Waals surface area contributed by atoms with Gasteiger partial charge in [0.05, 0.1) is 32.1 Å². The fraction of sp³-hybridized carbons (Fsp3) is 0.391. The number of ether oxygens (including phenoxy) is 2. The van der Waals surface area contributed by atoms with Crippen LogP contribution in [0.25, 0.3) is 0 Å². The minimum absolute atomic E-state index is 0.120. The number of hydrogen-bond acceptors (Lipinski definition) is 5. The molecule has 2 aromatic rings. The van der Waals surface area contributed by atoms with Gasteiger partial charge in [0.25, 0.3) is 5.91 Å². The maximum atomic E-state index is 12.6. The first kappa shape index (κ1) is 21.6. The highest BCUT2D eigenvalue weighted by Gasteiger charge is 2.22. The van der Waals surface area contributed by atoms with Crippen molar-refractivity contribution in [3.05, 3.63) is 48.0 Å². The highest BCUT2D eigenvalue weighted by molar-refractivity contribution is 6.05. The van der Waals surface area contributed by atoms with E-state index in [0.717, 1.165) is 12.8 Å². The molecule has 30 heavy (non-hydrogen) atoms. The third-order valence-corrected chi connectivity index (χ3v) is 5.42. The molecule has 3 rings (SSSR count). The van der Waals surface area contributed by atoms with Gasteiger partial charge in [-0.05, 0) is 32.0 Å². The van der Waals surface area contributed by atoms with E-state index < -0.39 is 0 Å². The number of amides is 2. The van der Waals surface area contributed by atoms with Crippen molar-refractivity contribution in [2.45, 2.75) is 31.7 Å². The molecule has 0 heterocycles. The predicted molar refractivity (Wildman–Crippen MR) is 117 cm³/mol. The first-order chi connectivity index (χ1) is 14.5. The highest BCUT2D eigenvalue weighted by Crippen LogP contribution is 2.36. The lowest BCUT2D eigenvalue weighted by molar-refractivity contribution is -0.117. The van der Waals surface area contributed by atoms with Crippen LogP contribution in [0.2, 0.25) is 0 Å². The van der Waals surface area contributed by atoms with Crippen molar-refractivity contribution >= 4 is 23.2 Å². The Kier molecular flexibility index (Phi) is 7.30. The van der Waals surface area contributed by atoms with Gasteiger partial charge >= 0.3 is 0 Å². The molecule has 2 amide bonds. The summed E-state index contributed by atoms with van der Waals surface area (Å²) in [6.07, 6.45) is 4.71. The SMILES string of the molecule is COc1cc(NC(=O)c2ccccc2)c(OC)cc1NC(=O)CN(C)C1CCCC1. The smallest absolute Gasteiger partial charge is 0.255 e.